The number of nitrogens with zero attached hydrogens (tertiary/aromatic N) is 1. The van der Waals surface area contributed by atoms with Crippen molar-refractivity contribution in [2.45, 2.75) is 48.9 Å². The van der Waals surface area contributed by atoms with E-state index in [0.717, 1.165) is 18.4 Å². The zero-order valence-corrected chi connectivity index (χ0v) is 15.6. The lowest BCUT2D eigenvalue weighted by Gasteiger charge is -2.29. The van der Waals surface area contributed by atoms with Crippen LogP contribution >= 0.6 is 11.8 Å². The molecule has 2 aliphatic heterocycles. The van der Waals surface area contributed by atoms with Gasteiger partial charge in [0.25, 0.3) is 5.91 Å². The van der Waals surface area contributed by atoms with Gasteiger partial charge in [-0.25, -0.2) is 0 Å². The molecule has 2 atom stereocenters. The minimum atomic E-state index is -0.501. The van der Waals surface area contributed by atoms with Gasteiger partial charge in [-0.1, -0.05) is 6.07 Å². The van der Waals surface area contributed by atoms with Gasteiger partial charge in [-0.15, -0.1) is 11.8 Å². The molecule has 1 N–H and O–H groups in total. The van der Waals surface area contributed by atoms with Gasteiger partial charge in [0.2, 0.25) is 5.91 Å². The van der Waals surface area contributed by atoms with Crippen molar-refractivity contribution < 1.29 is 19.1 Å². The van der Waals surface area contributed by atoms with E-state index < -0.39 is 6.04 Å². The smallest absolute Gasteiger partial charge is 0.260 e. The van der Waals surface area contributed by atoms with Crippen LogP contribution in [0.4, 0.5) is 0 Å². The SMILES string of the molecule is COc1ccc2c(c1OC)C(=O)N1C2SC(C)(C)[C@H]1C(=O)NC1CC1. The molecule has 1 saturated heterocycles. The number of nitrogens with one attached hydrogen (secondary N) is 1. The molecule has 0 spiro atoms. The van der Waals surface area contributed by atoms with E-state index in [1.165, 1.54) is 7.11 Å². The number of ether oxygens (including phenoxy) is 2. The van der Waals surface area contributed by atoms with Gasteiger partial charge in [0, 0.05) is 16.4 Å². The molecule has 6 nitrogen and oxygen atoms in total. The molecule has 1 unspecified atom stereocenters. The quantitative estimate of drug-likeness (QED) is 0.890. The Hall–Kier alpha value is -1.89. The number of amides is 2. The van der Waals surface area contributed by atoms with Crippen molar-refractivity contribution in [1.29, 1.82) is 0 Å². The van der Waals surface area contributed by atoms with Gasteiger partial charge < -0.3 is 19.7 Å². The number of rotatable bonds is 4. The highest BCUT2D eigenvalue weighted by atomic mass is 32.2. The molecule has 1 aliphatic carbocycles. The standard InChI is InChI=1S/C18H22N2O4S/c1-18(2)14(15(21)19-9-5-6-9)20-16(22)12-10(17(20)25-18)7-8-11(23-3)13(12)24-4/h7-9,14,17H,5-6H2,1-4H3,(H,19,21)/t14-,17?/m1/s1. The molecule has 1 aromatic rings. The topological polar surface area (TPSA) is 67.9 Å². The molecule has 1 saturated carbocycles. The Morgan fingerprint density at radius 2 is 2.00 bits per heavy atom. The molecule has 2 heterocycles. The first kappa shape index (κ1) is 16.6. The number of carbonyl (C=O) groups is 2. The fourth-order valence-electron chi connectivity index (χ4n) is 3.76. The van der Waals surface area contributed by atoms with Crippen molar-refractivity contribution in [3.8, 4) is 11.5 Å². The first-order valence-corrected chi connectivity index (χ1v) is 9.32. The molecule has 7 heteroatoms. The van der Waals surface area contributed by atoms with Crippen molar-refractivity contribution in [2.24, 2.45) is 0 Å². The van der Waals surface area contributed by atoms with Crippen LogP contribution < -0.4 is 14.8 Å². The summed E-state index contributed by atoms with van der Waals surface area (Å²) in [7, 11) is 3.08. The Bertz CT molecular complexity index is 760. The second-order valence-corrected chi connectivity index (χ2v) is 8.97. The van der Waals surface area contributed by atoms with Crippen LogP contribution in [0, 0.1) is 0 Å². The van der Waals surface area contributed by atoms with Crippen molar-refractivity contribution in [1.82, 2.24) is 10.2 Å². The van der Waals surface area contributed by atoms with E-state index >= 15 is 0 Å². The van der Waals surface area contributed by atoms with Gasteiger partial charge >= 0.3 is 0 Å². The van der Waals surface area contributed by atoms with Crippen LogP contribution in [0.2, 0.25) is 0 Å². The maximum atomic E-state index is 13.2. The minimum Gasteiger partial charge on any atom is -0.493 e. The number of hydrogen-bond donors (Lipinski definition) is 1. The van der Waals surface area contributed by atoms with E-state index in [1.54, 1.807) is 23.8 Å². The van der Waals surface area contributed by atoms with Crippen LogP contribution in [0.25, 0.3) is 0 Å². The average molecular weight is 362 g/mol. The summed E-state index contributed by atoms with van der Waals surface area (Å²) < 4.78 is 10.4. The average Bonchev–Trinajstić information content (AvgIpc) is 3.28. The lowest BCUT2D eigenvalue weighted by molar-refractivity contribution is -0.126. The van der Waals surface area contributed by atoms with E-state index in [0.29, 0.717) is 17.1 Å². The van der Waals surface area contributed by atoms with E-state index in [1.807, 2.05) is 26.0 Å². The highest BCUT2D eigenvalue weighted by Gasteiger charge is 2.58. The van der Waals surface area contributed by atoms with Crippen molar-refractivity contribution in [3.05, 3.63) is 23.3 Å². The maximum Gasteiger partial charge on any atom is 0.260 e. The predicted molar refractivity (Wildman–Crippen MR) is 95.1 cm³/mol. The fourth-order valence-corrected chi connectivity index (χ4v) is 5.34. The van der Waals surface area contributed by atoms with Gasteiger partial charge in [-0.3, -0.25) is 9.59 Å². The molecule has 25 heavy (non-hydrogen) atoms. The summed E-state index contributed by atoms with van der Waals surface area (Å²) in [6.45, 7) is 4.06. The number of carbonyl (C=O) groups excluding carboxylic acids is 2. The fraction of sp³-hybridized carbons (Fsp3) is 0.556. The Balaban J connectivity index is 1.76. The van der Waals surface area contributed by atoms with Crippen LogP contribution in [-0.2, 0) is 4.79 Å². The number of fused-ring (bicyclic) bond motifs is 3. The van der Waals surface area contributed by atoms with Crippen LogP contribution in [0.1, 0.15) is 48.0 Å². The first-order chi connectivity index (χ1) is 11.9. The maximum absolute atomic E-state index is 13.2. The Morgan fingerprint density at radius 3 is 2.60 bits per heavy atom. The zero-order chi connectivity index (χ0) is 17.9. The third kappa shape index (κ3) is 2.39. The molecule has 0 aromatic heterocycles. The molecule has 3 aliphatic rings. The first-order valence-electron chi connectivity index (χ1n) is 8.44. The van der Waals surface area contributed by atoms with Gasteiger partial charge in [0.05, 0.1) is 19.8 Å². The summed E-state index contributed by atoms with van der Waals surface area (Å²) in [4.78, 5) is 27.8. The predicted octanol–water partition coefficient (Wildman–Crippen LogP) is 2.33. The van der Waals surface area contributed by atoms with Gasteiger partial charge in [0.1, 0.15) is 11.4 Å². The molecule has 0 radical (unpaired) electrons. The summed E-state index contributed by atoms with van der Waals surface area (Å²) >= 11 is 1.65. The molecular formula is C18H22N2O4S. The Morgan fingerprint density at radius 1 is 1.28 bits per heavy atom. The van der Waals surface area contributed by atoms with Crippen LogP contribution in [0.5, 0.6) is 11.5 Å². The summed E-state index contributed by atoms with van der Waals surface area (Å²) in [6, 6.07) is 3.49. The lowest BCUT2D eigenvalue weighted by atomic mass is 10.0. The molecule has 2 fully saturated rings. The second kappa shape index (κ2) is 5.56. The number of methoxy groups -OCH3 is 2. The molecular weight excluding hydrogens is 340 g/mol. The molecule has 1 aromatic carbocycles. The van der Waals surface area contributed by atoms with Crippen LogP contribution in [0.15, 0.2) is 12.1 Å². The summed E-state index contributed by atoms with van der Waals surface area (Å²) in [5, 5.41) is 2.89. The van der Waals surface area contributed by atoms with Gasteiger partial charge in [-0.2, -0.15) is 0 Å². The third-order valence-corrected chi connectivity index (χ3v) is 6.60. The van der Waals surface area contributed by atoms with Crippen LogP contribution in [0.3, 0.4) is 0 Å². The van der Waals surface area contributed by atoms with E-state index in [9.17, 15) is 9.59 Å². The van der Waals surface area contributed by atoms with Crippen LogP contribution in [-0.4, -0.2) is 47.8 Å². The molecule has 2 amide bonds. The summed E-state index contributed by atoms with van der Waals surface area (Å²) in [5.74, 6) is 0.748. The van der Waals surface area contributed by atoms with Gasteiger partial charge in [0.15, 0.2) is 11.5 Å². The molecule has 134 valence electrons. The minimum absolute atomic E-state index is 0.0606. The Kier molecular flexibility index (Phi) is 3.68. The number of thioether (sulfide) groups is 1. The van der Waals surface area contributed by atoms with Gasteiger partial charge in [-0.05, 0) is 32.8 Å². The van der Waals surface area contributed by atoms with Crippen molar-refractivity contribution in [2.75, 3.05) is 14.2 Å². The third-order valence-electron chi connectivity index (χ3n) is 5.07. The summed E-state index contributed by atoms with van der Waals surface area (Å²) in [5.41, 5.74) is 1.40. The zero-order valence-electron chi connectivity index (χ0n) is 14.8. The highest BCUT2D eigenvalue weighted by molar-refractivity contribution is 8.01. The molecule has 0 bridgehead atoms. The largest absolute Gasteiger partial charge is 0.493 e. The van der Waals surface area contributed by atoms with E-state index in [-0.39, 0.29) is 28.0 Å². The molecule has 4 rings (SSSR count). The highest BCUT2D eigenvalue weighted by Crippen LogP contribution is 2.58. The lowest BCUT2D eigenvalue weighted by Crippen LogP contribution is -2.52. The summed E-state index contributed by atoms with van der Waals surface area (Å²) in [6.07, 6.45) is 2.04. The number of benzene rings is 1. The monoisotopic (exact) mass is 362 g/mol. The normalized spacial score (nSPS) is 26.2. The van der Waals surface area contributed by atoms with E-state index in [2.05, 4.69) is 5.32 Å². The van der Waals surface area contributed by atoms with E-state index in [4.69, 9.17) is 9.47 Å². The van der Waals surface area contributed by atoms with Crippen molar-refractivity contribution in [3.63, 3.8) is 0 Å². The van der Waals surface area contributed by atoms with Crippen molar-refractivity contribution >= 4 is 23.6 Å². The Labute approximate surface area is 151 Å². The number of hydrogen-bond acceptors (Lipinski definition) is 5. The second-order valence-electron chi connectivity index (χ2n) is 7.24.